The molecular weight excluding hydrogens is 370 g/mol. The van der Waals surface area contributed by atoms with Crippen molar-refractivity contribution < 1.29 is 17.9 Å². The van der Waals surface area contributed by atoms with Gasteiger partial charge in [-0.25, -0.2) is 8.42 Å². The molecule has 2 aromatic carbocycles. The van der Waals surface area contributed by atoms with Crippen LogP contribution in [0, 0.1) is 6.92 Å². The number of aryl methyl sites for hydroxylation is 1. The van der Waals surface area contributed by atoms with E-state index < -0.39 is 10.0 Å². The summed E-state index contributed by atoms with van der Waals surface area (Å²) in [5.41, 5.74) is 1.18. The molecule has 0 heterocycles. The second-order valence-electron chi connectivity index (χ2n) is 4.58. The molecule has 0 radical (unpaired) electrons. The van der Waals surface area contributed by atoms with Gasteiger partial charge >= 0.3 is 0 Å². The lowest BCUT2D eigenvalue weighted by Gasteiger charge is -2.14. The van der Waals surface area contributed by atoms with E-state index in [1.807, 2.05) is 0 Å². The fourth-order valence-electron chi connectivity index (χ4n) is 1.91. The minimum absolute atomic E-state index is 0.185. The fourth-order valence-corrected chi connectivity index (χ4v) is 3.29. The van der Waals surface area contributed by atoms with Crippen molar-refractivity contribution in [2.45, 2.75) is 11.8 Å². The van der Waals surface area contributed by atoms with Gasteiger partial charge in [0.05, 0.1) is 24.8 Å². The highest BCUT2D eigenvalue weighted by Crippen LogP contribution is 2.33. The topological polar surface area (TPSA) is 64.6 Å². The van der Waals surface area contributed by atoms with E-state index in [2.05, 4.69) is 20.7 Å². The Morgan fingerprint density at radius 1 is 1.00 bits per heavy atom. The zero-order valence-electron chi connectivity index (χ0n) is 12.4. The average Bonchev–Trinajstić information content (AvgIpc) is 2.49. The number of hydrogen-bond donors (Lipinski definition) is 1. The predicted octanol–water partition coefficient (Wildman–Crippen LogP) is 3.58. The van der Waals surface area contributed by atoms with Gasteiger partial charge in [-0.2, -0.15) is 0 Å². The van der Waals surface area contributed by atoms with Crippen LogP contribution in [0.1, 0.15) is 5.56 Å². The summed E-state index contributed by atoms with van der Waals surface area (Å²) >= 11 is 3.28. The number of halogens is 1. The van der Waals surface area contributed by atoms with Crippen molar-refractivity contribution in [2.24, 2.45) is 0 Å². The number of anilines is 1. The first-order valence-electron chi connectivity index (χ1n) is 6.38. The Kier molecular flexibility index (Phi) is 4.97. The number of ether oxygens (including phenoxy) is 2. The van der Waals surface area contributed by atoms with Crippen LogP contribution in [0.5, 0.6) is 11.5 Å². The van der Waals surface area contributed by atoms with Gasteiger partial charge in [0.25, 0.3) is 10.0 Å². The molecule has 0 fully saturated rings. The van der Waals surface area contributed by atoms with E-state index in [0.29, 0.717) is 17.2 Å². The van der Waals surface area contributed by atoms with Crippen molar-refractivity contribution in [1.82, 2.24) is 0 Å². The highest BCUT2D eigenvalue weighted by molar-refractivity contribution is 9.10. The molecule has 0 unspecified atom stereocenters. The third-order valence-electron chi connectivity index (χ3n) is 3.10. The van der Waals surface area contributed by atoms with Gasteiger partial charge in [-0.1, -0.05) is 15.9 Å². The van der Waals surface area contributed by atoms with Crippen LogP contribution in [0.2, 0.25) is 0 Å². The Morgan fingerprint density at radius 3 is 2.09 bits per heavy atom. The van der Waals surface area contributed by atoms with Crippen molar-refractivity contribution >= 4 is 31.6 Å². The summed E-state index contributed by atoms with van der Waals surface area (Å²) in [7, 11) is -0.633. The zero-order valence-corrected chi connectivity index (χ0v) is 14.8. The predicted molar refractivity (Wildman–Crippen MR) is 89.2 cm³/mol. The van der Waals surface area contributed by atoms with Gasteiger partial charge < -0.3 is 9.47 Å². The first-order valence-corrected chi connectivity index (χ1v) is 8.66. The zero-order chi connectivity index (χ0) is 16.3. The summed E-state index contributed by atoms with van der Waals surface area (Å²) in [5, 5.41) is 0. The monoisotopic (exact) mass is 385 g/mol. The molecule has 5 nitrogen and oxygen atoms in total. The standard InChI is InChI=1S/C15H16BrNO4S/c1-10-8-14(20-2)15(21-3)9-13(10)17-22(18,19)12-6-4-11(16)5-7-12/h4-9,17H,1-3H3. The number of benzene rings is 2. The van der Waals surface area contributed by atoms with Crippen molar-refractivity contribution in [3.05, 3.63) is 46.4 Å². The maximum atomic E-state index is 12.4. The van der Waals surface area contributed by atoms with Crippen LogP contribution in [0.25, 0.3) is 0 Å². The number of sulfonamides is 1. The first-order chi connectivity index (χ1) is 10.4. The van der Waals surface area contributed by atoms with Crippen molar-refractivity contribution in [3.8, 4) is 11.5 Å². The third-order valence-corrected chi connectivity index (χ3v) is 5.01. The molecule has 7 heteroatoms. The largest absolute Gasteiger partial charge is 0.493 e. The summed E-state index contributed by atoms with van der Waals surface area (Å²) in [6.07, 6.45) is 0. The second kappa shape index (κ2) is 6.58. The van der Waals surface area contributed by atoms with Gasteiger partial charge in [-0.3, -0.25) is 4.72 Å². The molecule has 2 rings (SSSR count). The molecule has 0 aromatic heterocycles. The Balaban J connectivity index is 2.39. The van der Waals surface area contributed by atoms with Crippen molar-refractivity contribution in [2.75, 3.05) is 18.9 Å². The normalized spacial score (nSPS) is 11.1. The van der Waals surface area contributed by atoms with Crippen molar-refractivity contribution in [1.29, 1.82) is 0 Å². The van der Waals surface area contributed by atoms with Gasteiger partial charge in [-0.15, -0.1) is 0 Å². The number of hydrogen-bond acceptors (Lipinski definition) is 4. The van der Waals surface area contributed by atoms with Crippen LogP contribution in [0.3, 0.4) is 0 Å². The molecule has 0 amide bonds. The molecule has 1 N–H and O–H groups in total. The minimum Gasteiger partial charge on any atom is -0.493 e. The molecule has 0 spiro atoms. The van der Waals surface area contributed by atoms with E-state index in [1.54, 1.807) is 31.2 Å². The summed E-state index contributed by atoms with van der Waals surface area (Å²) in [4.78, 5) is 0.185. The Hall–Kier alpha value is -1.73. The number of nitrogens with one attached hydrogen (secondary N) is 1. The molecule has 22 heavy (non-hydrogen) atoms. The third kappa shape index (κ3) is 3.53. The lowest BCUT2D eigenvalue weighted by molar-refractivity contribution is 0.355. The lowest BCUT2D eigenvalue weighted by Crippen LogP contribution is -2.14. The summed E-state index contributed by atoms with van der Waals surface area (Å²) in [6.45, 7) is 1.79. The maximum Gasteiger partial charge on any atom is 0.261 e. The molecular formula is C15H16BrNO4S. The van der Waals surface area contributed by atoms with Crippen LogP contribution in [0.15, 0.2) is 45.8 Å². The Labute approximate surface area is 138 Å². The second-order valence-corrected chi connectivity index (χ2v) is 7.18. The average molecular weight is 386 g/mol. The molecule has 2 aromatic rings. The van der Waals surface area contributed by atoms with E-state index in [-0.39, 0.29) is 4.90 Å². The molecule has 0 saturated heterocycles. The lowest BCUT2D eigenvalue weighted by atomic mass is 10.2. The molecule has 0 aliphatic heterocycles. The molecule has 118 valence electrons. The van der Waals surface area contributed by atoms with Crippen LogP contribution in [-0.4, -0.2) is 22.6 Å². The summed E-state index contributed by atoms with van der Waals surface area (Å²) in [5.74, 6) is 1.01. The SMILES string of the molecule is COc1cc(C)c(NS(=O)(=O)c2ccc(Br)cc2)cc1OC. The fraction of sp³-hybridized carbons (Fsp3) is 0.200. The van der Waals surface area contributed by atoms with E-state index >= 15 is 0 Å². The van der Waals surface area contributed by atoms with Crippen LogP contribution in [-0.2, 0) is 10.0 Å². The van der Waals surface area contributed by atoms with Gasteiger partial charge in [0.15, 0.2) is 11.5 Å². The molecule has 0 atom stereocenters. The van der Waals surface area contributed by atoms with Crippen LogP contribution < -0.4 is 14.2 Å². The highest BCUT2D eigenvalue weighted by Gasteiger charge is 2.17. The molecule has 0 aliphatic carbocycles. The van der Waals surface area contributed by atoms with Crippen LogP contribution in [0.4, 0.5) is 5.69 Å². The summed E-state index contributed by atoms with van der Waals surface area (Å²) < 4.78 is 38.6. The highest BCUT2D eigenvalue weighted by atomic mass is 79.9. The van der Waals surface area contributed by atoms with E-state index in [9.17, 15) is 8.42 Å². The van der Waals surface area contributed by atoms with Gasteiger partial charge in [0.1, 0.15) is 0 Å². The molecule has 0 saturated carbocycles. The Bertz CT molecular complexity index is 773. The number of rotatable bonds is 5. The summed E-state index contributed by atoms with van der Waals surface area (Å²) in [6, 6.07) is 9.74. The minimum atomic E-state index is -3.66. The van der Waals surface area contributed by atoms with Gasteiger partial charge in [0.2, 0.25) is 0 Å². The van der Waals surface area contributed by atoms with Gasteiger partial charge in [-0.05, 0) is 42.8 Å². The van der Waals surface area contributed by atoms with E-state index in [4.69, 9.17) is 9.47 Å². The quantitative estimate of drug-likeness (QED) is 0.853. The first kappa shape index (κ1) is 16.6. The molecule has 0 aliphatic rings. The van der Waals surface area contributed by atoms with E-state index in [0.717, 1.165) is 10.0 Å². The van der Waals surface area contributed by atoms with Crippen molar-refractivity contribution in [3.63, 3.8) is 0 Å². The number of methoxy groups -OCH3 is 2. The smallest absolute Gasteiger partial charge is 0.261 e. The van der Waals surface area contributed by atoms with Crippen LogP contribution >= 0.6 is 15.9 Å². The maximum absolute atomic E-state index is 12.4. The molecule has 0 bridgehead atoms. The van der Waals surface area contributed by atoms with E-state index in [1.165, 1.54) is 26.4 Å². The van der Waals surface area contributed by atoms with Gasteiger partial charge in [0, 0.05) is 10.5 Å². The Morgan fingerprint density at radius 2 is 1.55 bits per heavy atom.